The van der Waals surface area contributed by atoms with Crippen LogP contribution in [0, 0.1) is 57.2 Å². The van der Waals surface area contributed by atoms with Crippen LogP contribution < -0.4 is 10.6 Å². The summed E-state index contributed by atoms with van der Waals surface area (Å²) in [5.74, 6) is 21.0. The summed E-state index contributed by atoms with van der Waals surface area (Å²) in [6.07, 6.45) is 34.1. The Bertz CT molecular complexity index is 2360. The van der Waals surface area contributed by atoms with E-state index in [1.54, 1.807) is 0 Å². The molecule has 0 radical (unpaired) electrons. The van der Waals surface area contributed by atoms with Gasteiger partial charge in [-0.15, -0.1) is 35.5 Å². The van der Waals surface area contributed by atoms with Crippen molar-refractivity contribution in [3.8, 4) is 35.5 Å². The molecule has 14 nitrogen and oxygen atoms in total. The van der Waals surface area contributed by atoms with Gasteiger partial charge in [-0.25, -0.2) is 4.79 Å². The maximum atomic E-state index is 13.8. The molecule has 3 rings (SSSR count). The Balaban J connectivity index is 1.73. The van der Waals surface area contributed by atoms with Crippen LogP contribution in [0.25, 0.3) is 21.5 Å². The van der Waals surface area contributed by atoms with Crippen LogP contribution >= 0.6 is 0 Å². The first-order valence-corrected chi connectivity index (χ1v) is 36.9. The number of hydrogen-bond acceptors (Lipinski definition) is 12. The van der Waals surface area contributed by atoms with Gasteiger partial charge in [-0.1, -0.05) is 61.4 Å². The van der Waals surface area contributed by atoms with Gasteiger partial charge in [0.1, 0.15) is 6.61 Å². The van der Waals surface area contributed by atoms with Crippen molar-refractivity contribution in [1.82, 2.24) is 10.6 Å². The molecule has 0 unspecified atom stereocenters. The lowest BCUT2D eigenvalue weighted by Crippen LogP contribution is -2.28. The molecule has 11 N–H and O–H groups in total. The summed E-state index contributed by atoms with van der Waals surface area (Å²) < 4.78 is 5.74. The average molecular weight is 1310 g/mol. The number of hydrogen-bond donors (Lipinski definition) is 11. The van der Waals surface area contributed by atoms with E-state index in [-0.39, 0.29) is 93.6 Å². The summed E-state index contributed by atoms with van der Waals surface area (Å²) in [7, 11) is 0. The number of rotatable bonds is 57. The number of nitrogens with one attached hydrogen (secondary N) is 2. The number of fused-ring (bicyclic) bond motifs is 2. The molecule has 0 fully saturated rings. The SMILES string of the molecule is O=C(CCC(CCCC#CCCCC(CCCO)(CCCO)CCCO)(CCCC#CCCCC(CCCO)(CCCO)CCCO)CCCC#CCCCC(CCCO)(CCCO)CCCO)NCCCCCCNC(=O)OCc1c2ccccc2cc2ccccc12. The molecule has 530 valence electrons. The number of ether oxygens (including phenoxy) is 1. The zero-order chi connectivity index (χ0) is 68.0. The predicted molar refractivity (Wildman–Crippen MR) is 383 cm³/mol. The predicted octanol–water partition coefficient (Wildman–Crippen LogP) is 14.6. The second kappa shape index (κ2) is 53.3. The molecular formula is C80H128N2O12. The fourth-order valence-corrected chi connectivity index (χ4v) is 14.9. The molecule has 94 heavy (non-hydrogen) atoms. The fraction of sp³-hybridized carbons (Fsp3) is 0.725. The van der Waals surface area contributed by atoms with E-state index in [9.17, 15) is 55.5 Å². The molecule has 0 aromatic heterocycles. The standard InChI is InChI=1S/C80H128N2O12/c83-59-27-47-77(48-28-60-84,49-29-61-85)41-19-7-1-4-10-22-44-80(45-23-11-5-2-8-20-42-78(50-30-62-86,51-31-63-87)52-32-64-88,46-24-12-6-3-9-21-43-79(53-33-65-89,54-34-66-90)55-35-67-91)56-40-75(92)81-57-25-13-14-26-58-82-76(93)94-69-74-72-38-17-15-36-70(72)68-71-37-16-18-39-73(71)74/h15-18,36-39,68,83-91H,7-14,19-35,40-67,69H2,(H,81,92)(H,82,93). The maximum absolute atomic E-state index is 13.8. The quantitative estimate of drug-likeness (QED) is 0.0144. The highest BCUT2D eigenvalue weighted by Gasteiger charge is 2.32. The Morgan fingerprint density at radius 2 is 0.596 bits per heavy atom. The molecule has 3 aromatic carbocycles. The Kier molecular flexibility index (Phi) is 47.3. The number of unbranched alkanes of at least 4 members (excludes halogenated alkanes) is 9. The lowest BCUT2D eigenvalue weighted by atomic mass is 9.71. The fourth-order valence-electron chi connectivity index (χ4n) is 14.9. The van der Waals surface area contributed by atoms with E-state index in [1.807, 2.05) is 24.3 Å². The maximum Gasteiger partial charge on any atom is 0.407 e. The van der Waals surface area contributed by atoms with E-state index in [0.717, 1.165) is 233 Å². The first-order valence-electron chi connectivity index (χ1n) is 36.9. The third-order valence-corrected chi connectivity index (χ3v) is 20.0. The van der Waals surface area contributed by atoms with Gasteiger partial charge in [0.05, 0.1) is 0 Å². The van der Waals surface area contributed by atoms with Crippen molar-refractivity contribution in [3.63, 3.8) is 0 Å². The van der Waals surface area contributed by atoms with Crippen molar-refractivity contribution in [3.05, 3.63) is 60.2 Å². The smallest absolute Gasteiger partial charge is 0.407 e. The van der Waals surface area contributed by atoms with Gasteiger partial charge in [0, 0.05) is 123 Å². The highest BCUT2D eigenvalue weighted by Crippen LogP contribution is 2.44. The molecule has 0 bridgehead atoms. The van der Waals surface area contributed by atoms with Crippen LogP contribution in [0.2, 0.25) is 0 Å². The van der Waals surface area contributed by atoms with Gasteiger partial charge in [0.25, 0.3) is 0 Å². The molecular weight excluding hydrogens is 1180 g/mol. The van der Waals surface area contributed by atoms with Gasteiger partial charge in [-0.05, 0) is 261 Å². The molecule has 0 saturated heterocycles. The summed E-state index contributed by atoms with van der Waals surface area (Å²) >= 11 is 0. The van der Waals surface area contributed by atoms with Crippen LogP contribution in [0.3, 0.4) is 0 Å². The molecule has 0 aliphatic rings. The number of carbonyl (C=O) groups is 2. The van der Waals surface area contributed by atoms with Crippen molar-refractivity contribution >= 4 is 33.5 Å². The molecule has 0 aliphatic carbocycles. The third-order valence-electron chi connectivity index (χ3n) is 20.0. The minimum atomic E-state index is -0.434. The summed E-state index contributed by atoms with van der Waals surface area (Å²) in [5, 5.41) is 97.9. The van der Waals surface area contributed by atoms with E-state index in [0.29, 0.717) is 77.3 Å². The van der Waals surface area contributed by atoms with Crippen LogP contribution in [-0.2, 0) is 16.1 Å². The minimum Gasteiger partial charge on any atom is -0.445 e. The molecule has 3 aromatic rings. The number of carbonyl (C=O) groups excluding carboxylic acids is 2. The van der Waals surface area contributed by atoms with Crippen molar-refractivity contribution in [1.29, 1.82) is 0 Å². The van der Waals surface area contributed by atoms with Crippen LogP contribution in [0.4, 0.5) is 4.79 Å². The Labute approximate surface area is 568 Å². The summed E-state index contributed by atoms with van der Waals surface area (Å²) in [6, 6.07) is 18.5. The number of aliphatic hydroxyl groups excluding tert-OH is 9. The van der Waals surface area contributed by atoms with Gasteiger partial charge in [0.2, 0.25) is 5.91 Å². The van der Waals surface area contributed by atoms with Gasteiger partial charge in [0.15, 0.2) is 0 Å². The zero-order valence-electron chi connectivity index (χ0n) is 58.1. The van der Waals surface area contributed by atoms with E-state index < -0.39 is 6.09 Å². The largest absolute Gasteiger partial charge is 0.445 e. The van der Waals surface area contributed by atoms with Crippen LogP contribution in [-0.4, -0.2) is 131 Å². The molecule has 0 atom stereocenters. The van der Waals surface area contributed by atoms with Gasteiger partial charge < -0.3 is 61.3 Å². The van der Waals surface area contributed by atoms with Gasteiger partial charge in [-0.2, -0.15) is 0 Å². The van der Waals surface area contributed by atoms with Crippen molar-refractivity contribution in [2.45, 2.75) is 276 Å². The van der Waals surface area contributed by atoms with E-state index in [2.05, 4.69) is 76.5 Å². The average Bonchev–Trinajstić information content (AvgIpc) is 0.937. The molecule has 2 amide bonds. The van der Waals surface area contributed by atoms with Crippen molar-refractivity contribution in [2.24, 2.45) is 21.7 Å². The second-order valence-corrected chi connectivity index (χ2v) is 27.2. The number of alkyl carbamates (subject to hydrolysis) is 1. The number of aliphatic hydroxyl groups is 9. The van der Waals surface area contributed by atoms with Crippen molar-refractivity contribution in [2.75, 3.05) is 72.6 Å². The number of benzene rings is 3. The third kappa shape index (κ3) is 35.5. The monoisotopic (exact) mass is 1310 g/mol. The first-order chi connectivity index (χ1) is 46.0. The van der Waals surface area contributed by atoms with Crippen LogP contribution in [0.15, 0.2) is 54.6 Å². The highest BCUT2D eigenvalue weighted by molar-refractivity contribution is 6.02. The highest BCUT2D eigenvalue weighted by atomic mass is 16.5. The second-order valence-electron chi connectivity index (χ2n) is 27.2. The Morgan fingerprint density at radius 3 is 0.894 bits per heavy atom. The summed E-state index contributed by atoms with van der Waals surface area (Å²) in [4.78, 5) is 26.7. The van der Waals surface area contributed by atoms with E-state index >= 15 is 0 Å². The molecule has 0 saturated carbocycles. The number of amides is 2. The molecule has 0 spiro atoms. The molecule has 14 heteroatoms. The first kappa shape index (κ1) is 83.5. The van der Waals surface area contributed by atoms with Crippen LogP contribution in [0.5, 0.6) is 0 Å². The summed E-state index contributed by atoms with van der Waals surface area (Å²) in [5.41, 5.74) is 0.807. The van der Waals surface area contributed by atoms with E-state index in [4.69, 9.17) is 4.74 Å². The molecule has 0 aliphatic heterocycles. The molecule has 0 heterocycles. The Morgan fingerprint density at radius 1 is 0.330 bits per heavy atom. The van der Waals surface area contributed by atoms with E-state index in [1.165, 1.54) is 0 Å². The Hall–Kier alpha value is -4.76. The topological polar surface area (TPSA) is 249 Å². The van der Waals surface area contributed by atoms with Crippen molar-refractivity contribution < 1.29 is 60.3 Å². The van der Waals surface area contributed by atoms with Gasteiger partial charge >= 0.3 is 6.09 Å². The lowest BCUT2D eigenvalue weighted by Gasteiger charge is -2.34. The minimum absolute atomic E-state index is 0.0222. The summed E-state index contributed by atoms with van der Waals surface area (Å²) in [6.45, 7) is 2.44. The zero-order valence-corrected chi connectivity index (χ0v) is 58.1. The van der Waals surface area contributed by atoms with Crippen LogP contribution in [0.1, 0.15) is 275 Å². The van der Waals surface area contributed by atoms with Gasteiger partial charge in [-0.3, -0.25) is 4.79 Å². The normalized spacial score (nSPS) is 11.9. The lowest BCUT2D eigenvalue weighted by molar-refractivity contribution is -0.121.